The molecular weight excluding hydrogens is 749 g/mol. The van der Waals surface area contributed by atoms with Gasteiger partial charge in [-0.25, -0.2) is 24.9 Å². The number of hydrogen-bond donors (Lipinski definition) is 0. The fourth-order valence-corrected chi connectivity index (χ4v) is 8.62. The molecule has 0 radical (unpaired) electrons. The molecule has 8 heteroatoms. The van der Waals surface area contributed by atoms with Crippen LogP contribution in [0.15, 0.2) is 206 Å². The van der Waals surface area contributed by atoms with Gasteiger partial charge in [0.1, 0.15) is 17.2 Å². The molecule has 0 aliphatic carbocycles. The third-order valence-electron chi connectivity index (χ3n) is 11.3. The Hall–Kier alpha value is -8.49. The van der Waals surface area contributed by atoms with E-state index in [1.807, 2.05) is 85.1 Å². The Labute approximate surface area is 350 Å². The van der Waals surface area contributed by atoms with Crippen LogP contribution in [-0.2, 0) is 0 Å². The van der Waals surface area contributed by atoms with Crippen molar-refractivity contribution in [2.75, 3.05) is 0 Å². The third kappa shape index (κ3) is 5.72. The Morgan fingerprint density at radius 2 is 0.885 bits per heavy atom. The van der Waals surface area contributed by atoms with Crippen molar-refractivity contribution in [2.45, 2.75) is 0 Å². The lowest BCUT2D eigenvalue weighted by molar-refractivity contribution is 1.07. The lowest BCUT2D eigenvalue weighted by atomic mass is 10.1. The summed E-state index contributed by atoms with van der Waals surface area (Å²) in [6.07, 6.45) is 1.85. The van der Waals surface area contributed by atoms with E-state index in [0.29, 0.717) is 17.5 Å². The maximum atomic E-state index is 5.57. The molecule has 0 amide bonds. The number of imidazole rings is 1. The number of fused-ring (bicyclic) bond motifs is 6. The minimum absolute atomic E-state index is 0.583. The summed E-state index contributed by atoms with van der Waals surface area (Å²) in [6, 6.07) is 68.8. The Morgan fingerprint density at radius 3 is 1.56 bits per heavy atom. The van der Waals surface area contributed by atoms with E-state index in [9.17, 15) is 0 Å². The first-order valence-electron chi connectivity index (χ1n) is 20.3. The zero-order chi connectivity index (χ0) is 40.3. The average Bonchev–Trinajstić information content (AvgIpc) is 3.99. The molecule has 8 nitrogen and oxygen atoms in total. The van der Waals surface area contributed by atoms with Crippen molar-refractivity contribution in [1.29, 1.82) is 0 Å². The SMILES string of the molecule is c1ccc(-c2nc(-c3ccccc3)nc(-c3cccc(-n4c5cc6c(cc5c5c4nc(-c4ccccc4)n5-c4ccccc4)c4ccccc4n6-c4ccccn4)c3)n2)cc1. The molecule has 0 saturated heterocycles. The maximum Gasteiger partial charge on any atom is 0.165 e. The highest BCUT2D eigenvalue weighted by atomic mass is 15.2. The van der Waals surface area contributed by atoms with Gasteiger partial charge in [-0.1, -0.05) is 146 Å². The van der Waals surface area contributed by atoms with Gasteiger partial charge in [-0.3, -0.25) is 13.7 Å². The monoisotopic (exact) mass is 782 g/mol. The maximum absolute atomic E-state index is 5.57. The Morgan fingerprint density at radius 1 is 0.328 bits per heavy atom. The van der Waals surface area contributed by atoms with E-state index in [1.165, 1.54) is 0 Å². The highest BCUT2D eigenvalue weighted by molar-refractivity contribution is 6.18. The topological polar surface area (TPSA) is 79.2 Å². The van der Waals surface area contributed by atoms with Gasteiger partial charge in [0.2, 0.25) is 0 Å². The van der Waals surface area contributed by atoms with Gasteiger partial charge < -0.3 is 0 Å². The van der Waals surface area contributed by atoms with Crippen molar-refractivity contribution < 1.29 is 0 Å². The molecule has 0 N–H and O–H groups in total. The molecular formula is C53H34N8. The molecule has 12 aromatic rings. The number of hydrogen-bond acceptors (Lipinski definition) is 5. The Kier molecular flexibility index (Phi) is 7.99. The second kappa shape index (κ2) is 14.1. The molecule has 12 rings (SSSR count). The smallest absolute Gasteiger partial charge is 0.165 e. The molecule has 5 aromatic heterocycles. The summed E-state index contributed by atoms with van der Waals surface area (Å²) < 4.78 is 6.86. The highest BCUT2D eigenvalue weighted by Gasteiger charge is 2.26. The van der Waals surface area contributed by atoms with Crippen LogP contribution in [0.4, 0.5) is 0 Å². The van der Waals surface area contributed by atoms with Crippen LogP contribution in [0.25, 0.3) is 107 Å². The first-order valence-corrected chi connectivity index (χ1v) is 20.3. The van der Waals surface area contributed by atoms with Crippen molar-refractivity contribution in [3.63, 3.8) is 0 Å². The van der Waals surface area contributed by atoms with Crippen LogP contribution < -0.4 is 0 Å². The van der Waals surface area contributed by atoms with Crippen LogP contribution in [0.2, 0.25) is 0 Å². The fraction of sp³-hybridized carbons (Fsp3) is 0. The standard InChI is InChI=1S/C53H34N8/c1-5-18-35(19-6-1)49-55-50(36-20-7-2-8-21-36)57-51(56-49)38-24-17-27-40(32-38)59-46-34-45-42(41-28-13-14-29-44(41)61(45)47-30-15-16-31-54-47)33-43(46)48-53(59)58-52(37-22-9-3-10-23-37)60(48)39-25-11-4-12-26-39/h1-34H. The molecule has 0 unspecified atom stereocenters. The van der Waals surface area contributed by atoms with E-state index >= 15 is 0 Å². The number of para-hydroxylation sites is 2. The molecule has 0 aliphatic rings. The van der Waals surface area contributed by atoms with Crippen LogP contribution in [0.3, 0.4) is 0 Å². The van der Waals surface area contributed by atoms with Gasteiger partial charge in [0.15, 0.2) is 23.1 Å². The van der Waals surface area contributed by atoms with E-state index in [4.69, 9.17) is 24.9 Å². The minimum Gasteiger partial charge on any atom is -0.294 e. The van der Waals surface area contributed by atoms with Gasteiger partial charge in [0, 0.05) is 56.0 Å². The molecule has 0 aliphatic heterocycles. The molecule has 5 heterocycles. The van der Waals surface area contributed by atoms with Crippen LogP contribution >= 0.6 is 0 Å². The second-order valence-corrected chi connectivity index (χ2v) is 15.0. The lowest BCUT2D eigenvalue weighted by Gasteiger charge is -2.12. The summed E-state index contributed by atoms with van der Waals surface area (Å²) >= 11 is 0. The zero-order valence-corrected chi connectivity index (χ0v) is 32.7. The molecule has 0 saturated carbocycles. The third-order valence-corrected chi connectivity index (χ3v) is 11.3. The van der Waals surface area contributed by atoms with Gasteiger partial charge in [-0.2, -0.15) is 0 Å². The predicted molar refractivity (Wildman–Crippen MR) is 245 cm³/mol. The first kappa shape index (κ1) is 34.5. The first-order chi connectivity index (χ1) is 30.3. The summed E-state index contributed by atoms with van der Waals surface area (Å²) in [4.78, 5) is 25.5. The molecule has 0 atom stereocenters. The van der Waals surface area contributed by atoms with Gasteiger partial charge in [-0.05, 0) is 54.6 Å². The molecule has 61 heavy (non-hydrogen) atoms. The van der Waals surface area contributed by atoms with Crippen molar-refractivity contribution >= 4 is 43.9 Å². The van der Waals surface area contributed by atoms with Crippen LogP contribution in [0.5, 0.6) is 0 Å². The number of pyridine rings is 1. The molecule has 7 aromatic carbocycles. The Bertz CT molecular complexity index is 3500. The van der Waals surface area contributed by atoms with Gasteiger partial charge >= 0.3 is 0 Å². The van der Waals surface area contributed by atoms with Crippen molar-refractivity contribution in [3.8, 4) is 62.7 Å². The fourth-order valence-electron chi connectivity index (χ4n) is 8.62. The number of benzene rings is 7. The van der Waals surface area contributed by atoms with Crippen molar-refractivity contribution in [3.05, 3.63) is 206 Å². The van der Waals surface area contributed by atoms with Gasteiger partial charge in [0.05, 0.1) is 16.6 Å². The van der Waals surface area contributed by atoms with Crippen molar-refractivity contribution in [2.24, 2.45) is 0 Å². The highest BCUT2D eigenvalue weighted by Crippen LogP contribution is 2.42. The lowest BCUT2D eigenvalue weighted by Crippen LogP contribution is -2.01. The summed E-state index contributed by atoms with van der Waals surface area (Å²) in [6.45, 7) is 0. The molecule has 0 bridgehead atoms. The predicted octanol–water partition coefficient (Wildman–Crippen LogP) is 12.3. The van der Waals surface area contributed by atoms with Crippen LogP contribution in [0.1, 0.15) is 0 Å². The number of nitrogens with zero attached hydrogens (tertiary/aromatic N) is 8. The van der Waals surface area contributed by atoms with Crippen LogP contribution in [-0.4, -0.2) is 38.6 Å². The van der Waals surface area contributed by atoms with E-state index in [2.05, 4.69) is 135 Å². The summed E-state index contributed by atoms with van der Waals surface area (Å²) in [7, 11) is 0. The second-order valence-electron chi connectivity index (χ2n) is 15.0. The Balaban J connectivity index is 1.18. The average molecular weight is 783 g/mol. The minimum atomic E-state index is 0.583. The summed E-state index contributed by atoms with van der Waals surface area (Å²) in [5, 5.41) is 3.37. The van der Waals surface area contributed by atoms with Gasteiger partial charge in [0.25, 0.3) is 0 Å². The van der Waals surface area contributed by atoms with E-state index < -0.39 is 0 Å². The van der Waals surface area contributed by atoms with Crippen LogP contribution in [0, 0.1) is 0 Å². The number of rotatable bonds is 7. The molecule has 0 fully saturated rings. The van der Waals surface area contributed by atoms with Crippen molar-refractivity contribution in [1.82, 2.24) is 38.6 Å². The largest absolute Gasteiger partial charge is 0.294 e. The molecule has 286 valence electrons. The summed E-state index contributed by atoms with van der Waals surface area (Å²) in [5.74, 6) is 3.52. The van der Waals surface area contributed by atoms with E-state index in [-0.39, 0.29) is 0 Å². The zero-order valence-electron chi connectivity index (χ0n) is 32.7. The normalized spacial score (nSPS) is 11.6. The number of aromatic nitrogens is 8. The van der Waals surface area contributed by atoms with E-state index in [0.717, 1.165) is 89.1 Å². The van der Waals surface area contributed by atoms with Gasteiger partial charge in [-0.15, -0.1) is 0 Å². The molecule has 0 spiro atoms. The quantitative estimate of drug-likeness (QED) is 0.161. The summed E-state index contributed by atoms with van der Waals surface area (Å²) in [5.41, 5.74) is 10.7. The van der Waals surface area contributed by atoms with E-state index in [1.54, 1.807) is 0 Å².